The molecule has 2 heterocycles. The van der Waals surface area contributed by atoms with Gasteiger partial charge in [-0.25, -0.2) is 0 Å². The molecule has 0 spiro atoms. The van der Waals surface area contributed by atoms with Gasteiger partial charge in [0.2, 0.25) is 0 Å². The molecule has 20 heavy (non-hydrogen) atoms. The van der Waals surface area contributed by atoms with Crippen molar-refractivity contribution in [1.29, 1.82) is 0 Å². The van der Waals surface area contributed by atoms with Crippen LogP contribution < -0.4 is 10.1 Å². The first-order chi connectivity index (χ1) is 9.81. The van der Waals surface area contributed by atoms with E-state index in [-0.39, 0.29) is 0 Å². The monoisotopic (exact) mass is 337 g/mol. The van der Waals surface area contributed by atoms with Gasteiger partial charge in [-0.2, -0.15) is 0 Å². The summed E-state index contributed by atoms with van der Waals surface area (Å²) < 4.78 is 12.8. The zero-order chi connectivity index (χ0) is 13.5. The molecule has 3 aliphatic rings. The van der Waals surface area contributed by atoms with E-state index < -0.39 is 0 Å². The van der Waals surface area contributed by atoms with Gasteiger partial charge in [0.1, 0.15) is 5.75 Å². The summed E-state index contributed by atoms with van der Waals surface area (Å²) in [6, 6.07) is 7.21. The molecule has 0 radical (unpaired) electrons. The van der Waals surface area contributed by atoms with Crippen LogP contribution >= 0.6 is 15.9 Å². The molecule has 1 N–H and O–H groups in total. The van der Waals surface area contributed by atoms with E-state index in [2.05, 4.69) is 33.4 Å². The van der Waals surface area contributed by atoms with E-state index in [1.54, 1.807) is 0 Å². The number of benzene rings is 1. The lowest BCUT2D eigenvalue weighted by atomic mass is 9.97. The fourth-order valence-electron chi connectivity index (χ4n) is 3.48. The molecule has 4 rings (SSSR count). The molecule has 3 atom stereocenters. The number of ether oxygens (including phenoxy) is 2. The van der Waals surface area contributed by atoms with Crippen molar-refractivity contribution in [3.8, 4) is 5.75 Å². The summed E-state index contributed by atoms with van der Waals surface area (Å²) in [6.45, 7) is 1.71. The lowest BCUT2D eigenvalue weighted by Crippen LogP contribution is -2.41. The van der Waals surface area contributed by atoms with Crippen molar-refractivity contribution in [1.82, 2.24) is 5.32 Å². The smallest absolute Gasteiger partial charge is 0.124 e. The third-order valence-electron chi connectivity index (χ3n) is 4.65. The largest absolute Gasteiger partial charge is 0.493 e. The number of hydrogen-bond donors (Lipinski definition) is 1. The van der Waals surface area contributed by atoms with Crippen molar-refractivity contribution in [3.05, 3.63) is 28.2 Å². The molecule has 2 aliphatic heterocycles. The van der Waals surface area contributed by atoms with Crippen LogP contribution in [0.2, 0.25) is 0 Å². The predicted octanol–water partition coefficient (Wildman–Crippen LogP) is 3.43. The van der Waals surface area contributed by atoms with Crippen molar-refractivity contribution < 1.29 is 9.47 Å². The van der Waals surface area contributed by atoms with Gasteiger partial charge in [-0.3, -0.25) is 0 Å². The average Bonchev–Trinajstić information content (AvgIpc) is 3.20. The fourth-order valence-corrected chi connectivity index (χ4v) is 3.85. The van der Waals surface area contributed by atoms with E-state index in [4.69, 9.17) is 9.47 Å². The summed E-state index contributed by atoms with van der Waals surface area (Å²) in [5, 5.41) is 3.85. The number of rotatable bonds is 3. The minimum Gasteiger partial charge on any atom is -0.493 e. The van der Waals surface area contributed by atoms with Crippen LogP contribution in [0.25, 0.3) is 0 Å². The Morgan fingerprint density at radius 1 is 1.10 bits per heavy atom. The highest BCUT2D eigenvalue weighted by Crippen LogP contribution is 2.40. The molecule has 3 nitrogen and oxygen atoms in total. The fraction of sp³-hybridized carbons (Fsp3) is 0.625. The standard InChI is InChI=1S/C16H20BrNO2/c17-11-3-4-15-12(9-11)13(5-7-19-15)18-14-6-8-20-16(14)10-1-2-10/h3-4,9-10,13-14,16,18H,1-2,5-8H2. The molecule has 0 amide bonds. The molecule has 0 aromatic heterocycles. The first-order valence-corrected chi connectivity index (χ1v) is 8.40. The van der Waals surface area contributed by atoms with Crippen LogP contribution in [-0.2, 0) is 4.74 Å². The Morgan fingerprint density at radius 3 is 2.85 bits per heavy atom. The minimum absolute atomic E-state index is 0.393. The van der Waals surface area contributed by atoms with Crippen molar-refractivity contribution in [3.63, 3.8) is 0 Å². The molecule has 1 saturated carbocycles. The summed E-state index contributed by atoms with van der Waals surface area (Å²) in [5.41, 5.74) is 1.28. The molecule has 4 heteroatoms. The van der Waals surface area contributed by atoms with E-state index in [1.165, 1.54) is 18.4 Å². The molecular formula is C16H20BrNO2. The van der Waals surface area contributed by atoms with Gasteiger partial charge >= 0.3 is 0 Å². The van der Waals surface area contributed by atoms with Gasteiger partial charge < -0.3 is 14.8 Å². The maximum atomic E-state index is 5.94. The summed E-state index contributed by atoms with van der Waals surface area (Å²) in [4.78, 5) is 0. The first-order valence-electron chi connectivity index (χ1n) is 7.61. The Labute approximate surface area is 128 Å². The van der Waals surface area contributed by atoms with Crippen LogP contribution in [0.4, 0.5) is 0 Å². The third kappa shape index (κ3) is 2.49. The quantitative estimate of drug-likeness (QED) is 0.916. The average molecular weight is 338 g/mol. The van der Waals surface area contributed by atoms with Crippen LogP contribution in [0.3, 0.4) is 0 Å². The van der Waals surface area contributed by atoms with Crippen molar-refractivity contribution in [2.75, 3.05) is 13.2 Å². The van der Waals surface area contributed by atoms with Gasteiger partial charge in [0.05, 0.1) is 12.7 Å². The normalized spacial score (nSPS) is 32.8. The second-order valence-electron chi connectivity index (χ2n) is 6.11. The van der Waals surface area contributed by atoms with Gasteiger partial charge in [-0.15, -0.1) is 0 Å². The molecule has 1 saturated heterocycles. The van der Waals surface area contributed by atoms with Crippen LogP contribution in [0, 0.1) is 5.92 Å². The van der Waals surface area contributed by atoms with Crippen LogP contribution in [0.5, 0.6) is 5.75 Å². The van der Waals surface area contributed by atoms with E-state index in [0.29, 0.717) is 18.2 Å². The topological polar surface area (TPSA) is 30.5 Å². The van der Waals surface area contributed by atoms with Crippen LogP contribution in [0.15, 0.2) is 22.7 Å². The van der Waals surface area contributed by atoms with Gasteiger partial charge in [-0.1, -0.05) is 15.9 Å². The number of fused-ring (bicyclic) bond motifs is 1. The SMILES string of the molecule is Brc1ccc2c(c1)C(NC1CCOC1C1CC1)CCO2. The molecule has 3 unspecified atom stereocenters. The molecule has 108 valence electrons. The van der Waals surface area contributed by atoms with E-state index in [0.717, 1.165) is 42.2 Å². The number of nitrogens with one attached hydrogen (secondary N) is 1. The van der Waals surface area contributed by atoms with Crippen molar-refractivity contribution >= 4 is 15.9 Å². The van der Waals surface area contributed by atoms with Crippen molar-refractivity contribution in [2.24, 2.45) is 5.92 Å². The number of hydrogen-bond acceptors (Lipinski definition) is 3. The second kappa shape index (κ2) is 5.32. The second-order valence-corrected chi connectivity index (χ2v) is 7.02. The van der Waals surface area contributed by atoms with E-state index in [9.17, 15) is 0 Å². The zero-order valence-electron chi connectivity index (χ0n) is 11.5. The van der Waals surface area contributed by atoms with Crippen molar-refractivity contribution in [2.45, 2.75) is 43.9 Å². The van der Waals surface area contributed by atoms with Gasteiger partial charge in [0.25, 0.3) is 0 Å². The van der Waals surface area contributed by atoms with E-state index >= 15 is 0 Å². The van der Waals surface area contributed by atoms with Gasteiger partial charge in [-0.05, 0) is 43.4 Å². The Morgan fingerprint density at radius 2 is 2.00 bits per heavy atom. The minimum atomic E-state index is 0.393. The third-order valence-corrected chi connectivity index (χ3v) is 5.14. The molecule has 1 aliphatic carbocycles. The maximum absolute atomic E-state index is 5.94. The number of halogens is 1. The lowest BCUT2D eigenvalue weighted by molar-refractivity contribution is 0.0772. The maximum Gasteiger partial charge on any atom is 0.124 e. The molecule has 1 aromatic carbocycles. The summed E-state index contributed by atoms with van der Waals surface area (Å²) in [5.74, 6) is 1.83. The Bertz CT molecular complexity index is 503. The van der Waals surface area contributed by atoms with Crippen LogP contribution in [-0.4, -0.2) is 25.4 Å². The molecule has 1 aromatic rings. The summed E-state index contributed by atoms with van der Waals surface area (Å²) >= 11 is 3.57. The Kier molecular flexibility index (Phi) is 3.49. The Balaban J connectivity index is 1.53. The van der Waals surface area contributed by atoms with Crippen LogP contribution in [0.1, 0.15) is 37.3 Å². The van der Waals surface area contributed by atoms with E-state index in [1.807, 2.05) is 6.07 Å². The summed E-state index contributed by atoms with van der Waals surface area (Å²) in [6.07, 6.45) is 5.31. The highest BCUT2D eigenvalue weighted by molar-refractivity contribution is 9.10. The Hall–Kier alpha value is -0.580. The molecule has 0 bridgehead atoms. The molecular weight excluding hydrogens is 318 g/mol. The highest BCUT2D eigenvalue weighted by Gasteiger charge is 2.41. The molecule has 2 fully saturated rings. The predicted molar refractivity (Wildman–Crippen MR) is 81.0 cm³/mol. The highest BCUT2D eigenvalue weighted by atomic mass is 79.9. The van der Waals surface area contributed by atoms with Gasteiger partial charge in [0.15, 0.2) is 0 Å². The lowest BCUT2D eigenvalue weighted by Gasteiger charge is -2.31. The summed E-state index contributed by atoms with van der Waals surface area (Å²) in [7, 11) is 0. The first kappa shape index (κ1) is 13.1. The van der Waals surface area contributed by atoms with Gasteiger partial charge in [0, 0.05) is 35.1 Å². The zero-order valence-corrected chi connectivity index (χ0v) is 13.1.